The summed E-state index contributed by atoms with van der Waals surface area (Å²) in [5.74, 6) is -0.0927. The Bertz CT molecular complexity index is 1260. The summed E-state index contributed by atoms with van der Waals surface area (Å²) in [4.78, 5) is 19.3. The number of carboxylic acid groups (broad SMARTS) is 1. The second kappa shape index (κ2) is 10.6. The Morgan fingerprint density at radius 2 is 2.05 bits per heavy atom. The minimum Gasteiger partial charge on any atom is -0.487 e. The number of hydrogen-bond acceptors (Lipinski definition) is 7. The van der Waals surface area contributed by atoms with Crippen LogP contribution >= 0.6 is 0 Å². The summed E-state index contributed by atoms with van der Waals surface area (Å²) in [6, 6.07) is 9.99. The molecule has 37 heavy (non-hydrogen) atoms. The zero-order valence-electron chi connectivity index (χ0n) is 22.6. The lowest BCUT2D eigenvalue weighted by Crippen LogP contribution is -2.47. The highest BCUT2D eigenvalue weighted by molar-refractivity contribution is 5.75. The second-order valence-electron chi connectivity index (χ2n) is 10.5. The summed E-state index contributed by atoms with van der Waals surface area (Å²) in [5.41, 5.74) is 2.28. The van der Waals surface area contributed by atoms with E-state index in [0.717, 1.165) is 41.1 Å². The number of ether oxygens (including phenoxy) is 2. The summed E-state index contributed by atoms with van der Waals surface area (Å²) in [7, 11) is 1.79. The SMILES string of the molecule is CC[C@@H]1CN(Cc2cc([C@](C)(OCc3cn(C)nn3)C(C)(C)C(=O)O)ccc2C)Cc2ncccc2O1. The lowest BCUT2D eigenvalue weighted by Gasteiger charge is -2.41. The summed E-state index contributed by atoms with van der Waals surface area (Å²) in [6.45, 7) is 11.7. The maximum atomic E-state index is 12.4. The molecule has 0 radical (unpaired) electrons. The molecule has 0 amide bonds. The third-order valence-electron chi connectivity index (χ3n) is 7.61. The Kier molecular flexibility index (Phi) is 7.66. The van der Waals surface area contributed by atoms with Crippen LogP contribution in [0.3, 0.4) is 0 Å². The molecule has 0 saturated heterocycles. The molecule has 1 aliphatic heterocycles. The number of aliphatic carboxylic acids is 1. The standard InChI is InChI=1S/C28H37N5O4/c1-7-23-16-33(17-24-25(37-23)9-8-12-29-24)14-20-13-21(11-10-19(20)2)28(5,27(3,4)26(34)35)36-18-22-15-32(6)31-30-22/h8-13,15,23H,7,14,16-18H2,1-6H3,(H,34,35)/t23-,28+/m1/s1. The van der Waals surface area contributed by atoms with Crippen LogP contribution in [-0.2, 0) is 41.9 Å². The second-order valence-corrected chi connectivity index (χ2v) is 10.5. The van der Waals surface area contributed by atoms with Crippen LogP contribution in [0.2, 0.25) is 0 Å². The molecule has 0 fully saturated rings. The quantitative estimate of drug-likeness (QED) is 0.459. The smallest absolute Gasteiger partial charge is 0.312 e. The molecule has 0 saturated carbocycles. The normalized spacial score (nSPS) is 17.9. The van der Waals surface area contributed by atoms with Crippen LogP contribution in [0.4, 0.5) is 0 Å². The van der Waals surface area contributed by atoms with Crippen LogP contribution in [0.15, 0.2) is 42.7 Å². The van der Waals surface area contributed by atoms with Crippen molar-refractivity contribution in [1.82, 2.24) is 24.9 Å². The number of carbonyl (C=O) groups is 1. The van der Waals surface area contributed by atoms with Crippen LogP contribution in [0, 0.1) is 12.3 Å². The maximum absolute atomic E-state index is 12.4. The molecule has 3 heterocycles. The van der Waals surface area contributed by atoms with Crippen LogP contribution in [0.5, 0.6) is 5.75 Å². The summed E-state index contributed by atoms with van der Waals surface area (Å²) < 4.78 is 14.2. The van der Waals surface area contributed by atoms with Gasteiger partial charge in [0.05, 0.1) is 23.9 Å². The number of benzene rings is 1. The van der Waals surface area contributed by atoms with E-state index in [2.05, 4.69) is 40.1 Å². The van der Waals surface area contributed by atoms with E-state index in [0.29, 0.717) is 18.8 Å². The van der Waals surface area contributed by atoms with Gasteiger partial charge in [0.2, 0.25) is 0 Å². The average Bonchev–Trinajstić information content (AvgIpc) is 3.19. The summed E-state index contributed by atoms with van der Waals surface area (Å²) in [6.07, 6.45) is 4.53. The molecule has 1 N–H and O–H groups in total. The lowest BCUT2D eigenvalue weighted by atomic mass is 9.71. The zero-order valence-corrected chi connectivity index (χ0v) is 22.6. The van der Waals surface area contributed by atoms with E-state index in [4.69, 9.17) is 9.47 Å². The molecule has 0 bridgehead atoms. The molecule has 9 heteroatoms. The Balaban J connectivity index is 1.66. The van der Waals surface area contributed by atoms with Gasteiger partial charge >= 0.3 is 5.97 Å². The zero-order chi connectivity index (χ0) is 26.8. The first kappa shape index (κ1) is 26.8. The molecule has 2 atom stereocenters. The molecule has 0 spiro atoms. The number of rotatable bonds is 9. The average molecular weight is 508 g/mol. The van der Waals surface area contributed by atoms with Gasteiger partial charge in [0.15, 0.2) is 0 Å². The number of hydrogen-bond donors (Lipinski definition) is 1. The van der Waals surface area contributed by atoms with Crippen LogP contribution in [0.25, 0.3) is 0 Å². The lowest BCUT2D eigenvalue weighted by molar-refractivity contribution is -0.177. The first-order chi connectivity index (χ1) is 17.5. The Labute approximate surface area is 218 Å². The summed E-state index contributed by atoms with van der Waals surface area (Å²) in [5, 5.41) is 18.2. The number of aromatic nitrogens is 4. The van der Waals surface area contributed by atoms with Crippen molar-refractivity contribution in [3.8, 4) is 5.75 Å². The van der Waals surface area contributed by atoms with Gasteiger partial charge in [-0.05, 0) is 62.9 Å². The van der Waals surface area contributed by atoms with Crippen LogP contribution < -0.4 is 4.74 Å². The van der Waals surface area contributed by atoms with Gasteiger partial charge in [0, 0.05) is 32.9 Å². The number of pyridine rings is 1. The van der Waals surface area contributed by atoms with Crippen molar-refractivity contribution in [3.05, 3.63) is 70.8 Å². The van der Waals surface area contributed by atoms with E-state index >= 15 is 0 Å². The molecular weight excluding hydrogens is 470 g/mol. The van der Waals surface area contributed by atoms with Gasteiger partial charge in [-0.2, -0.15) is 0 Å². The van der Waals surface area contributed by atoms with Crippen molar-refractivity contribution in [2.75, 3.05) is 6.54 Å². The van der Waals surface area contributed by atoms with E-state index in [1.165, 1.54) is 0 Å². The minimum absolute atomic E-state index is 0.0699. The molecular formula is C28H37N5O4. The van der Waals surface area contributed by atoms with E-state index in [1.807, 2.05) is 31.2 Å². The molecule has 4 rings (SSSR count). The first-order valence-electron chi connectivity index (χ1n) is 12.7. The Hall–Kier alpha value is -3.30. The van der Waals surface area contributed by atoms with Crippen LogP contribution in [0.1, 0.15) is 62.2 Å². The van der Waals surface area contributed by atoms with E-state index in [-0.39, 0.29) is 12.7 Å². The highest BCUT2D eigenvalue weighted by atomic mass is 16.5. The monoisotopic (exact) mass is 507 g/mol. The first-order valence-corrected chi connectivity index (χ1v) is 12.7. The molecule has 1 aliphatic rings. The maximum Gasteiger partial charge on any atom is 0.312 e. The van der Waals surface area contributed by atoms with Gasteiger partial charge in [-0.1, -0.05) is 30.3 Å². The molecule has 198 valence electrons. The minimum atomic E-state index is -1.21. The van der Waals surface area contributed by atoms with Gasteiger partial charge in [-0.15, -0.1) is 5.10 Å². The molecule has 0 aliphatic carbocycles. The van der Waals surface area contributed by atoms with Gasteiger partial charge in [-0.25, -0.2) is 0 Å². The molecule has 9 nitrogen and oxygen atoms in total. The van der Waals surface area contributed by atoms with Gasteiger partial charge in [0.25, 0.3) is 0 Å². The third-order valence-corrected chi connectivity index (χ3v) is 7.61. The van der Waals surface area contributed by atoms with E-state index < -0.39 is 17.0 Å². The largest absolute Gasteiger partial charge is 0.487 e. The van der Waals surface area contributed by atoms with E-state index in [1.54, 1.807) is 38.0 Å². The van der Waals surface area contributed by atoms with E-state index in [9.17, 15) is 9.90 Å². The molecule has 2 aromatic heterocycles. The van der Waals surface area contributed by atoms with Crippen molar-refractivity contribution < 1.29 is 19.4 Å². The highest BCUT2D eigenvalue weighted by Crippen LogP contribution is 2.44. The Morgan fingerprint density at radius 3 is 2.73 bits per heavy atom. The fourth-order valence-corrected chi connectivity index (χ4v) is 4.65. The fourth-order valence-electron chi connectivity index (χ4n) is 4.65. The highest BCUT2D eigenvalue weighted by Gasteiger charge is 2.49. The number of nitrogens with zero attached hydrogens (tertiary/aromatic N) is 5. The number of fused-ring (bicyclic) bond motifs is 1. The number of carboxylic acids is 1. The van der Waals surface area contributed by atoms with Crippen molar-refractivity contribution in [3.63, 3.8) is 0 Å². The molecule has 3 aromatic rings. The van der Waals surface area contributed by atoms with Crippen molar-refractivity contribution >= 4 is 5.97 Å². The van der Waals surface area contributed by atoms with Gasteiger partial charge in [-0.3, -0.25) is 19.4 Å². The van der Waals surface area contributed by atoms with Gasteiger partial charge in [0.1, 0.15) is 23.1 Å². The third kappa shape index (κ3) is 5.52. The van der Waals surface area contributed by atoms with Crippen molar-refractivity contribution in [2.24, 2.45) is 12.5 Å². The predicted octanol–water partition coefficient (Wildman–Crippen LogP) is 4.23. The van der Waals surface area contributed by atoms with Crippen molar-refractivity contribution in [2.45, 2.75) is 72.4 Å². The Morgan fingerprint density at radius 1 is 1.27 bits per heavy atom. The molecule has 1 aromatic carbocycles. The predicted molar refractivity (Wildman–Crippen MR) is 139 cm³/mol. The molecule has 0 unspecified atom stereocenters. The topological polar surface area (TPSA) is 103 Å². The van der Waals surface area contributed by atoms with Crippen molar-refractivity contribution in [1.29, 1.82) is 0 Å². The van der Waals surface area contributed by atoms with Gasteiger partial charge < -0.3 is 14.6 Å². The fraction of sp³-hybridized carbons (Fsp3) is 0.500. The summed E-state index contributed by atoms with van der Waals surface area (Å²) >= 11 is 0. The van der Waals surface area contributed by atoms with Crippen LogP contribution in [-0.4, -0.2) is 48.6 Å². The number of aryl methyl sites for hydroxylation is 2.